The van der Waals surface area contributed by atoms with Crippen molar-refractivity contribution in [2.45, 2.75) is 25.8 Å². The fraction of sp³-hybridized carbons (Fsp3) is 0.636. The maximum absolute atomic E-state index is 5.95. The molecule has 0 bridgehead atoms. The van der Waals surface area contributed by atoms with Gasteiger partial charge in [0.15, 0.2) is 0 Å². The Hall–Kier alpha value is -0.580. The third-order valence-electron chi connectivity index (χ3n) is 2.92. The zero-order valence-corrected chi connectivity index (χ0v) is 11.7. The van der Waals surface area contributed by atoms with Crippen molar-refractivity contribution in [1.29, 1.82) is 0 Å². The maximum atomic E-state index is 5.95. The van der Waals surface area contributed by atoms with Crippen LogP contribution in [0.2, 0.25) is 5.15 Å². The summed E-state index contributed by atoms with van der Waals surface area (Å²) in [5.74, 6) is 0.755. The molecule has 0 radical (unpaired) electrons. The van der Waals surface area contributed by atoms with Crippen LogP contribution in [0.5, 0.6) is 0 Å². The predicted molar refractivity (Wildman–Crippen MR) is 73.3 cm³/mol. The largest absolute Gasteiger partial charge is 0.339 e. The second kappa shape index (κ2) is 6.38. The lowest BCUT2D eigenvalue weighted by atomic mass is 10.1. The molecular formula is C11H18Cl2N4. The van der Waals surface area contributed by atoms with E-state index >= 15 is 0 Å². The Morgan fingerprint density at radius 3 is 2.88 bits per heavy atom. The van der Waals surface area contributed by atoms with Crippen molar-refractivity contribution in [2.75, 3.05) is 25.0 Å². The molecular weight excluding hydrogens is 259 g/mol. The van der Waals surface area contributed by atoms with Crippen LogP contribution in [0.4, 0.5) is 5.95 Å². The number of hydrogen-bond acceptors (Lipinski definition) is 4. The lowest BCUT2D eigenvalue weighted by Crippen LogP contribution is -2.45. The Bertz CT molecular complexity index is 352. The molecule has 1 aliphatic rings. The van der Waals surface area contributed by atoms with Crippen LogP contribution < -0.4 is 10.2 Å². The van der Waals surface area contributed by atoms with E-state index in [0.29, 0.717) is 11.2 Å². The van der Waals surface area contributed by atoms with Crippen LogP contribution >= 0.6 is 24.0 Å². The van der Waals surface area contributed by atoms with E-state index in [-0.39, 0.29) is 12.4 Å². The molecule has 96 valence electrons. The Morgan fingerprint density at radius 1 is 1.47 bits per heavy atom. The topological polar surface area (TPSA) is 41.0 Å². The third-order valence-corrected chi connectivity index (χ3v) is 3.12. The van der Waals surface area contributed by atoms with Crippen LogP contribution in [0.25, 0.3) is 0 Å². The summed E-state index contributed by atoms with van der Waals surface area (Å²) in [6, 6.07) is 2.31. The second-order valence-corrected chi connectivity index (χ2v) is 4.59. The Balaban J connectivity index is 0.00000144. The first kappa shape index (κ1) is 14.5. The molecule has 1 aliphatic heterocycles. The van der Waals surface area contributed by atoms with Gasteiger partial charge >= 0.3 is 0 Å². The third kappa shape index (κ3) is 3.69. The minimum Gasteiger partial charge on any atom is -0.339 e. The van der Waals surface area contributed by atoms with Gasteiger partial charge in [0, 0.05) is 24.8 Å². The monoisotopic (exact) mass is 276 g/mol. The average molecular weight is 277 g/mol. The molecule has 1 aromatic heterocycles. The van der Waals surface area contributed by atoms with Gasteiger partial charge in [-0.15, -0.1) is 12.4 Å². The highest BCUT2D eigenvalue weighted by atomic mass is 35.5. The molecule has 0 saturated carbocycles. The molecule has 17 heavy (non-hydrogen) atoms. The number of rotatable bonds is 2. The van der Waals surface area contributed by atoms with Crippen molar-refractivity contribution in [3.05, 3.63) is 16.9 Å². The van der Waals surface area contributed by atoms with Crippen LogP contribution in [-0.4, -0.2) is 36.1 Å². The number of hydrogen-bond donors (Lipinski definition) is 1. The Morgan fingerprint density at radius 2 is 2.24 bits per heavy atom. The molecule has 1 unspecified atom stereocenters. The van der Waals surface area contributed by atoms with Crippen molar-refractivity contribution in [3.8, 4) is 0 Å². The SMILES string of the molecule is CNC1CCCN(c2nc(C)cc(Cl)n2)C1.Cl. The van der Waals surface area contributed by atoms with Crippen molar-refractivity contribution in [1.82, 2.24) is 15.3 Å². The lowest BCUT2D eigenvalue weighted by molar-refractivity contribution is 0.445. The molecule has 1 saturated heterocycles. The average Bonchev–Trinajstić information content (AvgIpc) is 2.28. The number of aromatic nitrogens is 2. The van der Waals surface area contributed by atoms with Crippen molar-refractivity contribution in [2.24, 2.45) is 0 Å². The van der Waals surface area contributed by atoms with Crippen molar-refractivity contribution in [3.63, 3.8) is 0 Å². The van der Waals surface area contributed by atoms with Crippen molar-refractivity contribution < 1.29 is 0 Å². The van der Waals surface area contributed by atoms with Gasteiger partial charge in [-0.3, -0.25) is 0 Å². The van der Waals surface area contributed by atoms with E-state index < -0.39 is 0 Å². The molecule has 1 N–H and O–H groups in total. The maximum Gasteiger partial charge on any atom is 0.227 e. The summed E-state index contributed by atoms with van der Waals surface area (Å²) in [6.07, 6.45) is 2.38. The number of halogens is 2. The van der Waals surface area contributed by atoms with Crippen LogP contribution in [0.3, 0.4) is 0 Å². The summed E-state index contributed by atoms with van der Waals surface area (Å²) in [6.45, 7) is 3.91. The summed E-state index contributed by atoms with van der Waals surface area (Å²) >= 11 is 5.95. The molecule has 2 rings (SSSR count). The quantitative estimate of drug-likeness (QED) is 0.840. The van der Waals surface area contributed by atoms with Gasteiger partial charge in [-0.2, -0.15) is 0 Å². The van der Waals surface area contributed by atoms with E-state index in [9.17, 15) is 0 Å². The molecule has 6 heteroatoms. The molecule has 1 atom stereocenters. The highest BCUT2D eigenvalue weighted by Gasteiger charge is 2.20. The minimum absolute atomic E-state index is 0. The highest BCUT2D eigenvalue weighted by molar-refractivity contribution is 6.29. The van der Waals surface area contributed by atoms with Gasteiger partial charge in [0.25, 0.3) is 0 Å². The van der Waals surface area contributed by atoms with Gasteiger partial charge in [-0.25, -0.2) is 9.97 Å². The molecule has 0 amide bonds. The molecule has 1 aromatic rings. The summed E-state index contributed by atoms with van der Waals surface area (Å²) < 4.78 is 0. The van der Waals surface area contributed by atoms with Crippen LogP contribution in [-0.2, 0) is 0 Å². The Kier molecular flexibility index (Phi) is 5.43. The molecule has 0 aliphatic carbocycles. The Labute approximate surface area is 113 Å². The summed E-state index contributed by atoms with van der Waals surface area (Å²) in [5.41, 5.74) is 0.918. The zero-order chi connectivity index (χ0) is 11.5. The molecule has 2 heterocycles. The first-order valence-corrected chi connectivity index (χ1v) is 6.00. The van der Waals surface area contributed by atoms with Gasteiger partial charge in [0.1, 0.15) is 5.15 Å². The summed E-state index contributed by atoms with van der Waals surface area (Å²) in [4.78, 5) is 10.9. The van der Waals surface area contributed by atoms with Crippen LogP contribution in [0.15, 0.2) is 6.07 Å². The number of nitrogens with zero attached hydrogens (tertiary/aromatic N) is 3. The number of nitrogens with one attached hydrogen (secondary N) is 1. The fourth-order valence-corrected chi connectivity index (χ4v) is 2.28. The predicted octanol–water partition coefficient (Wildman–Crippen LogP) is 2.05. The van der Waals surface area contributed by atoms with E-state index in [2.05, 4.69) is 20.2 Å². The molecule has 0 aromatic carbocycles. The number of aryl methyl sites for hydroxylation is 1. The van der Waals surface area contributed by atoms with Crippen LogP contribution in [0.1, 0.15) is 18.5 Å². The van der Waals surface area contributed by atoms with Gasteiger partial charge in [0.2, 0.25) is 5.95 Å². The van der Waals surface area contributed by atoms with E-state index in [1.165, 1.54) is 12.8 Å². The van der Waals surface area contributed by atoms with E-state index in [0.717, 1.165) is 24.7 Å². The molecule has 0 spiro atoms. The van der Waals surface area contributed by atoms with Gasteiger partial charge in [-0.1, -0.05) is 11.6 Å². The number of likely N-dealkylation sites (N-methyl/N-ethyl adjacent to an activating group) is 1. The second-order valence-electron chi connectivity index (χ2n) is 4.21. The molecule has 1 fully saturated rings. The summed E-state index contributed by atoms with van der Waals surface area (Å²) in [5, 5.41) is 3.82. The van der Waals surface area contributed by atoms with Gasteiger partial charge < -0.3 is 10.2 Å². The van der Waals surface area contributed by atoms with E-state index in [4.69, 9.17) is 11.6 Å². The van der Waals surface area contributed by atoms with E-state index in [1.807, 2.05) is 14.0 Å². The standard InChI is InChI=1S/C11H17ClN4.ClH/c1-8-6-10(12)15-11(14-8)16-5-3-4-9(7-16)13-2;/h6,9,13H,3-5,7H2,1-2H3;1H. The van der Waals surface area contributed by atoms with E-state index in [1.54, 1.807) is 6.07 Å². The molecule has 4 nitrogen and oxygen atoms in total. The first-order chi connectivity index (χ1) is 7.69. The lowest BCUT2D eigenvalue weighted by Gasteiger charge is -2.32. The first-order valence-electron chi connectivity index (χ1n) is 5.62. The van der Waals surface area contributed by atoms with Crippen molar-refractivity contribution >= 4 is 30.0 Å². The minimum atomic E-state index is 0. The fourth-order valence-electron chi connectivity index (χ4n) is 2.05. The highest BCUT2D eigenvalue weighted by Crippen LogP contribution is 2.18. The smallest absolute Gasteiger partial charge is 0.227 e. The number of anilines is 1. The summed E-state index contributed by atoms with van der Waals surface area (Å²) in [7, 11) is 2.00. The van der Waals surface area contributed by atoms with Gasteiger partial charge in [-0.05, 0) is 32.9 Å². The van der Waals surface area contributed by atoms with Gasteiger partial charge in [0.05, 0.1) is 0 Å². The number of piperidine rings is 1. The normalized spacial score (nSPS) is 19.9. The zero-order valence-electron chi connectivity index (χ0n) is 10.1. The van der Waals surface area contributed by atoms with Crippen LogP contribution in [0, 0.1) is 6.92 Å².